The fourth-order valence-electron chi connectivity index (χ4n) is 2.00. The second-order valence-corrected chi connectivity index (χ2v) is 4.42. The zero-order valence-electron chi connectivity index (χ0n) is 10.8. The molecule has 2 N–H and O–H groups in total. The van der Waals surface area contributed by atoms with Crippen LogP contribution < -0.4 is 10.6 Å². The normalized spacial score (nSPS) is 13.7. The van der Waals surface area contributed by atoms with E-state index in [1.165, 1.54) is 7.11 Å². The van der Waals surface area contributed by atoms with E-state index in [4.69, 9.17) is 15.7 Å². The quantitative estimate of drug-likeness (QED) is 0.803. The molecule has 0 saturated heterocycles. The van der Waals surface area contributed by atoms with Gasteiger partial charge in [-0.2, -0.15) is 5.26 Å². The number of carbonyl (C=O) groups excluding carboxylic acids is 1. The number of hydrogen-bond donors (Lipinski definition) is 1. The van der Waals surface area contributed by atoms with Crippen molar-refractivity contribution in [3.05, 3.63) is 17.8 Å². The van der Waals surface area contributed by atoms with Gasteiger partial charge in [0.15, 0.2) is 5.82 Å². The van der Waals surface area contributed by atoms with Gasteiger partial charge in [-0.1, -0.05) is 0 Å². The van der Waals surface area contributed by atoms with E-state index in [1.807, 2.05) is 4.90 Å². The Balaban J connectivity index is 2.32. The lowest BCUT2D eigenvalue weighted by atomic mass is 10.2. The zero-order chi connectivity index (χ0) is 13.8. The van der Waals surface area contributed by atoms with Crippen molar-refractivity contribution in [1.29, 1.82) is 5.26 Å². The van der Waals surface area contributed by atoms with Crippen molar-refractivity contribution in [3.63, 3.8) is 0 Å². The van der Waals surface area contributed by atoms with Gasteiger partial charge in [0.2, 0.25) is 0 Å². The van der Waals surface area contributed by atoms with Gasteiger partial charge in [-0.05, 0) is 18.9 Å². The molecule has 0 spiro atoms. The smallest absolute Gasteiger partial charge is 0.340 e. The van der Waals surface area contributed by atoms with Gasteiger partial charge in [0.25, 0.3) is 0 Å². The summed E-state index contributed by atoms with van der Waals surface area (Å²) in [5, 5.41) is 8.71. The van der Waals surface area contributed by atoms with Crippen LogP contribution in [0.1, 0.15) is 29.6 Å². The van der Waals surface area contributed by atoms with Crippen molar-refractivity contribution < 1.29 is 9.53 Å². The minimum atomic E-state index is -0.475. The molecule has 0 aromatic carbocycles. The van der Waals surface area contributed by atoms with Crippen molar-refractivity contribution in [2.75, 3.05) is 24.3 Å². The molecule has 1 heterocycles. The van der Waals surface area contributed by atoms with Gasteiger partial charge in [0.1, 0.15) is 0 Å². The monoisotopic (exact) mass is 260 g/mol. The van der Waals surface area contributed by atoms with E-state index in [9.17, 15) is 4.79 Å². The molecule has 6 heteroatoms. The first-order valence-corrected chi connectivity index (χ1v) is 6.15. The van der Waals surface area contributed by atoms with Gasteiger partial charge in [-0.3, -0.25) is 0 Å². The summed E-state index contributed by atoms with van der Waals surface area (Å²) in [5.41, 5.74) is 6.64. The average Bonchev–Trinajstić information content (AvgIpc) is 3.24. The van der Waals surface area contributed by atoms with Crippen LogP contribution in [-0.2, 0) is 4.74 Å². The second kappa shape index (κ2) is 5.57. The number of ether oxygens (including phenoxy) is 1. The third-order valence-electron chi connectivity index (χ3n) is 3.10. The summed E-state index contributed by atoms with van der Waals surface area (Å²) in [7, 11) is 1.32. The molecule has 100 valence electrons. The molecule has 0 unspecified atom stereocenters. The maximum absolute atomic E-state index is 11.6. The van der Waals surface area contributed by atoms with Gasteiger partial charge in [0, 0.05) is 18.8 Å². The number of nitriles is 1. The maximum Gasteiger partial charge on any atom is 0.340 e. The lowest BCUT2D eigenvalue weighted by Gasteiger charge is -2.24. The van der Waals surface area contributed by atoms with Crippen molar-refractivity contribution in [1.82, 2.24) is 4.98 Å². The highest BCUT2D eigenvalue weighted by atomic mass is 16.5. The largest absolute Gasteiger partial charge is 0.465 e. The molecule has 1 aliphatic rings. The maximum atomic E-state index is 11.6. The third-order valence-corrected chi connectivity index (χ3v) is 3.10. The molecule has 6 nitrogen and oxygen atoms in total. The Hall–Kier alpha value is -2.29. The molecule has 0 radical (unpaired) electrons. The van der Waals surface area contributed by atoms with E-state index in [-0.39, 0.29) is 0 Å². The predicted molar refractivity (Wildman–Crippen MR) is 70.6 cm³/mol. The molecule has 0 atom stereocenters. The molecule has 2 rings (SSSR count). The molecular formula is C13H16N4O2. The van der Waals surface area contributed by atoms with Gasteiger partial charge in [-0.25, -0.2) is 9.78 Å². The number of esters is 1. The number of nitrogens with two attached hydrogens (primary N) is 1. The van der Waals surface area contributed by atoms with Gasteiger partial charge in [0.05, 0.1) is 30.9 Å². The van der Waals surface area contributed by atoms with Crippen molar-refractivity contribution >= 4 is 17.5 Å². The Morgan fingerprint density at radius 1 is 1.68 bits per heavy atom. The van der Waals surface area contributed by atoms with Crippen LogP contribution in [0.25, 0.3) is 0 Å². The van der Waals surface area contributed by atoms with Crippen LogP contribution in [0, 0.1) is 11.3 Å². The lowest BCUT2D eigenvalue weighted by Crippen LogP contribution is -2.29. The van der Waals surface area contributed by atoms with E-state index in [0.29, 0.717) is 36.1 Å². The van der Waals surface area contributed by atoms with E-state index in [1.54, 1.807) is 12.3 Å². The zero-order valence-corrected chi connectivity index (χ0v) is 10.8. The number of hydrogen-bond acceptors (Lipinski definition) is 6. The van der Waals surface area contributed by atoms with Gasteiger partial charge < -0.3 is 15.4 Å². The number of pyridine rings is 1. The molecule has 0 bridgehead atoms. The van der Waals surface area contributed by atoms with Crippen LogP contribution in [0.4, 0.5) is 11.5 Å². The number of aromatic nitrogens is 1. The number of methoxy groups -OCH3 is 1. The van der Waals surface area contributed by atoms with E-state index < -0.39 is 5.97 Å². The first kappa shape index (κ1) is 13.1. The number of nitrogen functional groups attached to an aromatic ring is 1. The van der Waals surface area contributed by atoms with E-state index in [2.05, 4.69) is 11.1 Å². The average molecular weight is 260 g/mol. The highest BCUT2D eigenvalue weighted by Gasteiger charge is 2.31. The standard InChI is InChI=1S/C13H16N4O2/c1-19-13(18)10-5-7-16-12(11(10)15)17(8-2-6-14)9-3-4-9/h5,7,9H,2-4,8,15H2,1H3. The summed E-state index contributed by atoms with van der Waals surface area (Å²) >= 11 is 0. The van der Waals surface area contributed by atoms with E-state index in [0.717, 1.165) is 12.8 Å². The summed E-state index contributed by atoms with van der Waals surface area (Å²) in [6.45, 7) is 0.572. The van der Waals surface area contributed by atoms with Crippen LogP contribution in [0.5, 0.6) is 0 Å². The van der Waals surface area contributed by atoms with Crippen LogP contribution in [0.3, 0.4) is 0 Å². The highest BCUT2D eigenvalue weighted by Crippen LogP contribution is 2.34. The minimum Gasteiger partial charge on any atom is -0.465 e. The molecule has 1 saturated carbocycles. The number of anilines is 2. The topological polar surface area (TPSA) is 92.2 Å². The van der Waals surface area contributed by atoms with Crippen molar-refractivity contribution in [3.8, 4) is 6.07 Å². The third kappa shape index (κ3) is 2.76. The van der Waals surface area contributed by atoms with Gasteiger partial charge in [-0.15, -0.1) is 0 Å². The van der Waals surface area contributed by atoms with Crippen molar-refractivity contribution in [2.24, 2.45) is 0 Å². The molecule has 1 aliphatic carbocycles. The summed E-state index contributed by atoms with van der Waals surface area (Å²) in [5.74, 6) is 0.0952. The molecule has 0 amide bonds. The Labute approximate surface area is 111 Å². The SMILES string of the molecule is COC(=O)c1ccnc(N(CCC#N)C2CC2)c1N. The molecular weight excluding hydrogens is 244 g/mol. The van der Waals surface area contributed by atoms with Crippen LogP contribution >= 0.6 is 0 Å². The molecule has 1 fully saturated rings. The van der Waals surface area contributed by atoms with Crippen molar-refractivity contribution in [2.45, 2.75) is 25.3 Å². The Morgan fingerprint density at radius 3 is 3.00 bits per heavy atom. The van der Waals surface area contributed by atoms with Crippen LogP contribution in [0.2, 0.25) is 0 Å². The second-order valence-electron chi connectivity index (χ2n) is 4.42. The number of carbonyl (C=O) groups is 1. The summed E-state index contributed by atoms with van der Waals surface area (Å²) < 4.78 is 4.69. The molecule has 0 aliphatic heterocycles. The predicted octanol–water partition coefficient (Wildman–Crippen LogP) is 1.33. The Kier molecular flexibility index (Phi) is 3.85. The summed E-state index contributed by atoms with van der Waals surface area (Å²) in [6.07, 6.45) is 4.07. The molecule has 19 heavy (non-hydrogen) atoms. The minimum absolute atomic E-state index is 0.315. The molecule has 1 aromatic heterocycles. The van der Waals surface area contributed by atoms with Gasteiger partial charge >= 0.3 is 5.97 Å². The fraction of sp³-hybridized carbons (Fsp3) is 0.462. The first-order valence-electron chi connectivity index (χ1n) is 6.15. The summed E-state index contributed by atoms with van der Waals surface area (Å²) in [4.78, 5) is 17.9. The highest BCUT2D eigenvalue weighted by molar-refractivity contribution is 5.97. The Morgan fingerprint density at radius 2 is 2.42 bits per heavy atom. The number of rotatable bonds is 5. The lowest BCUT2D eigenvalue weighted by molar-refractivity contribution is 0.0602. The fourth-order valence-corrected chi connectivity index (χ4v) is 2.00. The number of nitrogens with zero attached hydrogens (tertiary/aromatic N) is 3. The van der Waals surface area contributed by atoms with Crippen LogP contribution in [-0.4, -0.2) is 30.6 Å². The first-order chi connectivity index (χ1) is 9.19. The summed E-state index contributed by atoms with van der Waals surface area (Å²) in [6, 6.07) is 4.03. The Bertz CT molecular complexity index is 520. The van der Waals surface area contributed by atoms with Crippen LogP contribution in [0.15, 0.2) is 12.3 Å². The molecule has 1 aromatic rings. The van der Waals surface area contributed by atoms with E-state index >= 15 is 0 Å².